The zero-order chi connectivity index (χ0) is 17.6. The molecule has 7 heteroatoms. The Bertz CT molecular complexity index is 697. The molecule has 24 heavy (non-hydrogen) atoms. The summed E-state index contributed by atoms with van der Waals surface area (Å²) in [5.41, 5.74) is 1.35. The summed E-state index contributed by atoms with van der Waals surface area (Å²) >= 11 is 1.86. The molecule has 126 valence electrons. The van der Waals surface area contributed by atoms with Gasteiger partial charge >= 0.3 is 0 Å². The first kappa shape index (κ1) is 19.0. The van der Waals surface area contributed by atoms with Gasteiger partial charge in [0.25, 0.3) is 0 Å². The lowest BCUT2D eigenvalue weighted by Crippen LogP contribution is -2.68. The zero-order valence-corrected chi connectivity index (χ0v) is 15.1. The summed E-state index contributed by atoms with van der Waals surface area (Å²) in [6.45, 7) is 2.16. The maximum Gasteiger partial charge on any atom is 0.220 e. The third kappa shape index (κ3) is 6.26. The number of hydrogen-bond donors (Lipinski definition) is 0. The Hall–Kier alpha value is -1.38. The van der Waals surface area contributed by atoms with Crippen LogP contribution in [0.1, 0.15) is 5.56 Å². The molecule has 1 aromatic heterocycles. The van der Waals surface area contributed by atoms with Gasteiger partial charge in [-0.2, -0.15) is 0 Å². The minimum absolute atomic E-state index is 0.0247. The van der Waals surface area contributed by atoms with E-state index < -0.39 is 10.2 Å². The van der Waals surface area contributed by atoms with Gasteiger partial charge in [-0.05, 0) is 42.1 Å². The SMILES string of the molecule is Cc1csc([S+](c2ccccc2)c2ccccc2)c1.[O-][Cl+3]([O-])([O-])[O-]. The van der Waals surface area contributed by atoms with Crippen molar-refractivity contribution in [2.45, 2.75) is 20.9 Å². The first-order valence-corrected chi connectivity index (χ1v) is 10.2. The van der Waals surface area contributed by atoms with Crippen molar-refractivity contribution in [3.05, 3.63) is 77.7 Å². The van der Waals surface area contributed by atoms with Gasteiger partial charge in [-0.25, -0.2) is 18.6 Å². The Morgan fingerprint density at radius 1 is 0.792 bits per heavy atom. The second-order valence-electron chi connectivity index (χ2n) is 4.75. The van der Waals surface area contributed by atoms with Gasteiger partial charge in [0.15, 0.2) is 9.79 Å². The third-order valence-corrected chi connectivity index (χ3v) is 6.50. The monoisotopic (exact) mass is 382 g/mol. The number of aryl methyl sites for hydroxylation is 1. The molecule has 2 aromatic carbocycles. The van der Waals surface area contributed by atoms with Crippen molar-refractivity contribution < 1.29 is 28.9 Å². The van der Waals surface area contributed by atoms with Gasteiger partial charge in [0.2, 0.25) is 4.21 Å². The van der Waals surface area contributed by atoms with Crippen molar-refractivity contribution in [1.29, 1.82) is 0 Å². The van der Waals surface area contributed by atoms with Gasteiger partial charge in [-0.3, -0.25) is 0 Å². The van der Waals surface area contributed by atoms with Crippen LogP contribution in [0.4, 0.5) is 0 Å². The van der Waals surface area contributed by atoms with E-state index in [4.69, 9.17) is 18.6 Å². The number of benzene rings is 2. The van der Waals surface area contributed by atoms with Crippen LogP contribution in [0.2, 0.25) is 0 Å². The van der Waals surface area contributed by atoms with Crippen molar-refractivity contribution in [3.63, 3.8) is 0 Å². The fourth-order valence-corrected chi connectivity index (χ4v) is 5.62. The van der Waals surface area contributed by atoms with Gasteiger partial charge < -0.3 is 0 Å². The predicted octanol–water partition coefficient (Wildman–Crippen LogP) is 0.396. The summed E-state index contributed by atoms with van der Waals surface area (Å²) in [4.78, 5) is 2.77. The second-order valence-corrected chi connectivity index (χ2v) is 8.67. The quantitative estimate of drug-likeness (QED) is 0.613. The van der Waals surface area contributed by atoms with Crippen LogP contribution in [0.5, 0.6) is 0 Å². The van der Waals surface area contributed by atoms with Gasteiger partial charge in [0.1, 0.15) is 10.9 Å². The lowest BCUT2D eigenvalue weighted by atomic mass is 10.4. The largest absolute Gasteiger partial charge is 0.222 e. The van der Waals surface area contributed by atoms with Crippen LogP contribution in [0, 0.1) is 17.2 Å². The average Bonchev–Trinajstić information content (AvgIpc) is 2.94. The van der Waals surface area contributed by atoms with Crippen LogP contribution >= 0.6 is 11.3 Å². The topological polar surface area (TPSA) is 92.2 Å². The standard InChI is InChI=1S/C17H15S2.ClHO4/c1-14-12-17(18-13-14)19(15-8-4-2-5-9-15)16-10-6-3-7-11-16;2-1(3,4)5/h2-13H,1H3;(H,2,3,4,5)/q+1;/p-1. The summed E-state index contributed by atoms with van der Waals surface area (Å²) in [7, 11) is -4.92. The molecule has 0 radical (unpaired) electrons. The molecule has 0 aliphatic rings. The van der Waals surface area contributed by atoms with E-state index in [9.17, 15) is 0 Å². The van der Waals surface area contributed by atoms with E-state index in [1.807, 2.05) is 11.3 Å². The Balaban J connectivity index is 0.000000368. The number of halogens is 1. The van der Waals surface area contributed by atoms with E-state index in [1.54, 1.807) is 0 Å². The fourth-order valence-electron chi connectivity index (χ4n) is 1.99. The molecule has 0 N–H and O–H groups in total. The molecular weight excluding hydrogens is 368 g/mol. The molecule has 0 fully saturated rings. The minimum atomic E-state index is -4.94. The molecule has 0 bridgehead atoms. The van der Waals surface area contributed by atoms with E-state index in [0.717, 1.165) is 0 Å². The molecule has 0 aliphatic carbocycles. The Labute approximate surface area is 149 Å². The first-order valence-electron chi connectivity index (χ1n) is 6.86. The Kier molecular flexibility index (Phi) is 6.82. The average molecular weight is 383 g/mol. The van der Waals surface area contributed by atoms with E-state index >= 15 is 0 Å². The highest BCUT2D eigenvalue weighted by atomic mass is 35.7. The lowest BCUT2D eigenvalue weighted by Gasteiger charge is -2.17. The summed E-state index contributed by atoms with van der Waals surface area (Å²) in [5, 5.41) is 2.24. The van der Waals surface area contributed by atoms with E-state index in [1.165, 1.54) is 19.6 Å². The predicted molar refractivity (Wildman–Crippen MR) is 84.1 cm³/mol. The minimum Gasteiger partial charge on any atom is -0.222 e. The summed E-state index contributed by atoms with van der Waals surface area (Å²) in [6.07, 6.45) is 0. The van der Waals surface area contributed by atoms with Crippen LogP contribution < -0.4 is 18.6 Å². The number of rotatable bonds is 3. The van der Waals surface area contributed by atoms with Crippen molar-refractivity contribution in [2.75, 3.05) is 0 Å². The zero-order valence-electron chi connectivity index (χ0n) is 12.8. The van der Waals surface area contributed by atoms with E-state index in [-0.39, 0.29) is 10.9 Å². The van der Waals surface area contributed by atoms with Crippen molar-refractivity contribution in [1.82, 2.24) is 0 Å². The molecule has 4 nitrogen and oxygen atoms in total. The normalized spacial score (nSPS) is 11.1. The first-order chi connectivity index (χ1) is 11.3. The number of hydrogen-bond acceptors (Lipinski definition) is 5. The summed E-state index contributed by atoms with van der Waals surface area (Å²) in [5.74, 6) is 0. The molecule has 0 atom stereocenters. The molecular formula is C17H15ClO4S2. The third-order valence-electron chi connectivity index (χ3n) is 2.87. The van der Waals surface area contributed by atoms with Crippen LogP contribution in [-0.2, 0) is 10.9 Å². The van der Waals surface area contributed by atoms with Crippen LogP contribution in [0.25, 0.3) is 0 Å². The molecule has 3 aromatic rings. The van der Waals surface area contributed by atoms with Crippen LogP contribution in [0.15, 0.2) is 86.1 Å². The maximum absolute atomic E-state index is 8.49. The van der Waals surface area contributed by atoms with Gasteiger partial charge in [-0.1, -0.05) is 47.7 Å². The molecule has 0 unspecified atom stereocenters. The van der Waals surface area contributed by atoms with Crippen LogP contribution in [-0.4, -0.2) is 0 Å². The second kappa shape index (κ2) is 8.64. The summed E-state index contributed by atoms with van der Waals surface area (Å²) < 4.78 is 35.4. The van der Waals surface area contributed by atoms with Crippen LogP contribution in [0.3, 0.4) is 0 Å². The highest BCUT2D eigenvalue weighted by Gasteiger charge is 2.29. The maximum atomic E-state index is 8.49. The highest BCUT2D eigenvalue weighted by molar-refractivity contribution is 7.98. The van der Waals surface area contributed by atoms with Gasteiger partial charge in [0.05, 0.1) is 0 Å². The Morgan fingerprint density at radius 3 is 1.54 bits per heavy atom. The van der Waals surface area contributed by atoms with E-state index in [0.29, 0.717) is 0 Å². The molecule has 3 rings (SSSR count). The fraction of sp³-hybridized carbons (Fsp3) is 0.0588. The van der Waals surface area contributed by atoms with E-state index in [2.05, 4.69) is 79.0 Å². The Morgan fingerprint density at radius 2 is 1.21 bits per heavy atom. The smallest absolute Gasteiger partial charge is 0.220 e. The molecule has 0 saturated heterocycles. The van der Waals surface area contributed by atoms with Gasteiger partial charge in [-0.15, -0.1) is 10.2 Å². The molecule has 0 amide bonds. The van der Waals surface area contributed by atoms with Crippen molar-refractivity contribution in [2.24, 2.45) is 0 Å². The lowest BCUT2D eigenvalue weighted by molar-refractivity contribution is -2.00. The van der Waals surface area contributed by atoms with Crippen molar-refractivity contribution >= 4 is 22.2 Å². The van der Waals surface area contributed by atoms with Crippen molar-refractivity contribution in [3.8, 4) is 0 Å². The molecule has 1 heterocycles. The van der Waals surface area contributed by atoms with Gasteiger partial charge in [0, 0.05) is 6.07 Å². The summed E-state index contributed by atoms with van der Waals surface area (Å²) in [6, 6.07) is 23.9. The molecule has 0 aliphatic heterocycles. The molecule has 0 spiro atoms. The molecule has 0 saturated carbocycles. The number of thiophene rings is 1. The highest BCUT2D eigenvalue weighted by Crippen LogP contribution is 2.34.